The van der Waals surface area contributed by atoms with E-state index in [1.807, 2.05) is 12.1 Å². The van der Waals surface area contributed by atoms with Gasteiger partial charge < -0.3 is 22.7 Å². The van der Waals surface area contributed by atoms with Gasteiger partial charge in [-0.25, -0.2) is 0 Å². The van der Waals surface area contributed by atoms with Gasteiger partial charge in [-0.3, -0.25) is 0 Å². The monoisotopic (exact) mass is 1130 g/mol. The number of nitrogens with zero attached hydrogens (tertiary/aromatic N) is 4. The van der Waals surface area contributed by atoms with E-state index in [1.54, 1.807) is 0 Å². The number of fused-ring (bicyclic) bond motifs is 15. The van der Waals surface area contributed by atoms with E-state index in [2.05, 4.69) is 322 Å². The maximum absolute atomic E-state index is 6.18. The van der Waals surface area contributed by atoms with Crippen molar-refractivity contribution in [3.05, 3.63) is 315 Å². The molecule has 5 nitrogen and oxygen atoms in total. The fourth-order valence-corrected chi connectivity index (χ4v) is 14.7. The van der Waals surface area contributed by atoms with E-state index in [-0.39, 0.29) is 0 Å². The third kappa shape index (κ3) is 7.62. The van der Waals surface area contributed by atoms with Crippen LogP contribution in [0.5, 0.6) is 0 Å². The Morgan fingerprint density at radius 3 is 0.854 bits per heavy atom. The van der Waals surface area contributed by atoms with E-state index >= 15 is 0 Å². The summed E-state index contributed by atoms with van der Waals surface area (Å²) < 4.78 is 15.8. The van der Waals surface area contributed by atoms with E-state index in [1.165, 1.54) is 121 Å². The van der Waals surface area contributed by atoms with Crippen LogP contribution in [0.2, 0.25) is 0 Å². The third-order valence-corrected chi connectivity index (χ3v) is 18.7. The largest absolute Gasteiger partial charge is 0.456 e. The molecular formula is C84H52N4O. The minimum absolute atomic E-state index is 0.904. The summed E-state index contributed by atoms with van der Waals surface area (Å²) in [5.74, 6) is 0. The summed E-state index contributed by atoms with van der Waals surface area (Å²) in [7, 11) is 0. The molecule has 0 aliphatic heterocycles. The van der Waals surface area contributed by atoms with Crippen LogP contribution >= 0.6 is 0 Å². The first-order chi connectivity index (χ1) is 44.1. The molecule has 0 N–H and O–H groups in total. The van der Waals surface area contributed by atoms with Crippen LogP contribution in [0.1, 0.15) is 0 Å². The van der Waals surface area contributed by atoms with Crippen molar-refractivity contribution in [2.45, 2.75) is 0 Å². The number of furan rings is 1. The highest BCUT2D eigenvalue weighted by molar-refractivity contribution is 6.14. The van der Waals surface area contributed by atoms with Gasteiger partial charge in [0.2, 0.25) is 0 Å². The normalized spacial score (nSPS) is 12.0. The highest BCUT2D eigenvalue weighted by Gasteiger charge is 2.20. The maximum atomic E-state index is 6.18. The smallest absolute Gasteiger partial charge is 0.135 e. The van der Waals surface area contributed by atoms with Gasteiger partial charge in [0.25, 0.3) is 0 Å². The highest BCUT2D eigenvalue weighted by Crippen LogP contribution is 2.42. The van der Waals surface area contributed by atoms with Crippen LogP contribution in [0.3, 0.4) is 0 Å². The number of rotatable bonds is 8. The van der Waals surface area contributed by atoms with Crippen LogP contribution in [-0.2, 0) is 0 Å². The lowest BCUT2D eigenvalue weighted by atomic mass is 10.0. The molecule has 19 aromatic rings. The molecule has 414 valence electrons. The average molecular weight is 1130 g/mol. The fourth-order valence-electron chi connectivity index (χ4n) is 14.7. The Balaban J connectivity index is 0.646. The Bertz CT molecular complexity index is 6070. The first-order valence-electron chi connectivity index (χ1n) is 30.5. The lowest BCUT2D eigenvalue weighted by molar-refractivity contribution is 0.669. The van der Waals surface area contributed by atoms with Crippen molar-refractivity contribution in [1.82, 2.24) is 18.3 Å². The van der Waals surface area contributed by atoms with Crippen molar-refractivity contribution in [2.24, 2.45) is 0 Å². The van der Waals surface area contributed by atoms with Crippen molar-refractivity contribution in [2.75, 3.05) is 0 Å². The van der Waals surface area contributed by atoms with Gasteiger partial charge in [-0.2, -0.15) is 0 Å². The van der Waals surface area contributed by atoms with Crippen LogP contribution in [0.25, 0.3) is 176 Å². The first kappa shape index (κ1) is 49.4. The molecule has 0 atom stereocenters. The second kappa shape index (κ2) is 19.3. The van der Waals surface area contributed by atoms with Crippen molar-refractivity contribution >= 4 is 109 Å². The zero-order valence-electron chi connectivity index (χ0n) is 48.2. The van der Waals surface area contributed by atoms with Crippen LogP contribution in [0.15, 0.2) is 320 Å². The lowest BCUT2D eigenvalue weighted by Crippen LogP contribution is -1.95. The second-order valence-corrected chi connectivity index (χ2v) is 23.6. The quantitative estimate of drug-likeness (QED) is 0.149. The van der Waals surface area contributed by atoms with Gasteiger partial charge in [-0.1, -0.05) is 182 Å². The first-order valence-corrected chi connectivity index (χ1v) is 30.5. The van der Waals surface area contributed by atoms with Gasteiger partial charge in [0, 0.05) is 76.6 Å². The number of benzene rings is 14. The molecule has 0 radical (unpaired) electrons. The standard InChI is InChI=1S/C84H52N4O/c1-7-28-75-65(22-1)66-23-2-8-29-76(66)86(75)62-19-13-16-54(46-62)59-38-44-82-73(51-59)69-26-5-11-32-79(69)88(82)63-20-14-17-55(47-63)58-37-43-80-72(50-58)67-24-3-9-30-77(67)85(80)61-40-34-53(35-41-61)57-36-42-81-71(49-57)68-25-4-10-31-78(68)87(81)64-21-15-18-56(48-64)60-39-45-84-74(52-60)70-27-6-12-33-83(70)89-84/h1-52H. The van der Waals surface area contributed by atoms with Crippen LogP contribution in [-0.4, -0.2) is 18.3 Å². The molecule has 0 bridgehead atoms. The summed E-state index contributed by atoms with van der Waals surface area (Å²) in [6, 6.07) is 116. The molecule has 0 unspecified atom stereocenters. The average Bonchev–Trinajstić information content (AvgIpc) is 2.47. The Hall–Kier alpha value is -11.9. The molecule has 0 saturated carbocycles. The van der Waals surface area contributed by atoms with E-state index in [4.69, 9.17) is 4.42 Å². The topological polar surface area (TPSA) is 32.9 Å². The van der Waals surface area contributed by atoms with Gasteiger partial charge in [0.1, 0.15) is 11.2 Å². The molecular weight excluding hydrogens is 1080 g/mol. The molecule has 5 heteroatoms. The molecule has 0 spiro atoms. The Kier molecular flexibility index (Phi) is 10.7. The zero-order valence-corrected chi connectivity index (χ0v) is 48.2. The molecule has 0 aliphatic carbocycles. The van der Waals surface area contributed by atoms with Gasteiger partial charge >= 0.3 is 0 Å². The van der Waals surface area contributed by atoms with E-state index in [0.717, 1.165) is 55.8 Å². The Labute approximate surface area is 511 Å². The Morgan fingerprint density at radius 1 is 0.157 bits per heavy atom. The van der Waals surface area contributed by atoms with Crippen LogP contribution in [0, 0.1) is 0 Å². The minimum Gasteiger partial charge on any atom is -0.456 e. The third-order valence-electron chi connectivity index (χ3n) is 18.7. The van der Waals surface area contributed by atoms with Crippen LogP contribution in [0.4, 0.5) is 0 Å². The number of aromatic nitrogens is 4. The highest BCUT2D eigenvalue weighted by atomic mass is 16.3. The molecule has 0 saturated heterocycles. The predicted octanol–water partition coefficient (Wildman–Crippen LogP) is 22.6. The van der Waals surface area contributed by atoms with E-state index < -0.39 is 0 Å². The van der Waals surface area contributed by atoms with Crippen molar-refractivity contribution < 1.29 is 4.42 Å². The summed E-state index contributed by atoms with van der Waals surface area (Å²) >= 11 is 0. The molecule has 0 amide bonds. The molecule has 19 rings (SSSR count). The lowest BCUT2D eigenvalue weighted by Gasteiger charge is -2.12. The molecule has 14 aromatic carbocycles. The van der Waals surface area contributed by atoms with Gasteiger partial charge in [0.05, 0.1) is 44.1 Å². The predicted molar refractivity (Wildman–Crippen MR) is 373 cm³/mol. The summed E-state index contributed by atoms with van der Waals surface area (Å²) in [4.78, 5) is 0. The summed E-state index contributed by atoms with van der Waals surface area (Å²) in [6.07, 6.45) is 0. The molecule has 0 aliphatic rings. The fraction of sp³-hybridized carbons (Fsp3) is 0. The number of hydrogen-bond donors (Lipinski definition) is 0. The van der Waals surface area contributed by atoms with Gasteiger partial charge in [0.15, 0.2) is 0 Å². The zero-order chi connectivity index (χ0) is 58.3. The van der Waals surface area contributed by atoms with Crippen molar-refractivity contribution in [3.8, 4) is 67.3 Å². The second-order valence-electron chi connectivity index (χ2n) is 23.6. The minimum atomic E-state index is 0.904. The number of hydrogen-bond acceptors (Lipinski definition) is 1. The molecule has 5 heterocycles. The van der Waals surface area contributed by atoms with E-state index in [9.17, 15) is 0 Å². The van der Waals surface area contributed by atoms with Crippen molar-refractivity contribution in [1.29, 1.82) is 0 Å². The Morgan fingerprint density at radius 2 is 0.438 bits per heavy atom. The molecule has 0 fully saturated rings. The van der Waals surface area contributed by atoms with E-state index in [0.29, 0.717) is 0 Å². The van der Waals surface area contributed by atoms with Crippen molar-refractivity contribution in [3.63, 3.8) is 0 Å². The molecule has 89 heavy (non-hydrogen) atoms. The molecule has 5 aromatic heterocycles. The maximum Gasteiger partial charge on any atom is 0.135 e. The summed E-state index contributed by atoms with van der Waals surface area (Å²) in [5, 5.41) is 12.1. The van der Waals surface area contributed by atoms with Crippen LogP contribution < -0.4 is 0 Å². The summed E-state index contributed by atoms with van der Waals surface area (Å²) in [6.45, 7) is 0. The van der Waals surface area contributed by atoms with Gasteiger partial charge in [-0.05, 0) is 178 Å². The number of para-hydroxylation sites is 6. The SMILES string of the molecule is c1cc(-c2ccc3c(c2)c2ccccc2n3-c2cccc(-c3ccc4c(c3)c3ccccc3n4-c3ccc(-c4ccc5c(c4)c4ccccc4n5-c4cccc(-c5ccc6oc7ccccc7c6c5)c4)cc3)c2)cc(-n2c3ccccc3c3ccccc32)c1. The van der Waals surface area contributed by atoms with Gasteiger partial charge in [-0.15, -0.1) is 0 Å². The summed E-state index contributed by atoms with van der Waals surface area (Å²) in [5.41, 5.74) is 25.2.